The Labute approximate surface area is 170 Å². The molecule has 0 saturated heterocycles. The molecule has 0 spiro atoms. The van der Waals surface area contributed by atoms with Crippen molar-refractivity contribution in [2.45, 2.75) is 19.3 Å². The van der Waals surface area contributed by atoms with E-state index >= 15 is 0 Å². The second kappa shape index (κ2) is 7.67. The van der Waals surface area contributed by atoms with Gasteiger partial charge in [-0.2, -0.15) is 0 Å². The molecule has 5 nitrogen and oxygen atoms in total. The highest BCUT2D eigenvalue weighted by molar-refractivity contribution is 7.15. The molecule has 0 bridgehead atoms. The number of carboxylic acid groups (broad SMARTS) is 1. The molecule has 1 aromatic heterocycles. The first-order chi connectivity index (χ1) is 14.0. The Kier molecular flexibility index (Phi) is 5.07. The molecule has 148 valence electrons. The van der Waals surface area contributed by atoms with Crippen LogP contribution in [0.5, 0.6) is 5.75 Å². The van der Waals surface area contributed by atoms with Crippen molar-refractivity contribution in [3.05, 3.63) is 69.7 Å². The van der Waals surface area contributed by atoms with Crippen molar-refractivity contribution < 1.29 is 23.8 Å². The summed E-state index contributed by atoms with van der Waals surface area (Å²) in [6, 6.07) is 13.1. The van der Waals surface area contributed by atoms with E-state index in [9.17, 15) is 19.1 Å². The molecule has 2 aromatic carbocycles. The fraction of sp³-hybridized carbons (Fsp3) is 0.182. The van der Waals surface area contributed by atoms with E-state index in [0.717, 1.165) is 21.8 Å². The van der Waals surface area contributed by atoms with E-state index in [1.54, 1.807) is 0 Å². The zero-order valence-electron chi connectivity index (χ0n) is 15.6. The first-order valence-corrected chi connectivity index (χ1v) is 9.98. The van der Waals surface area contributed by atoms with E-state index in [-0.39, 0.29) is 23.1 Å². The quantitative estimate of drug-likeness (QED) is 0.611. The van der Waals surface area contributed by atoms with Crippen molar-refractivity contribution in [3.8, 4) is 16.9 Å². The molecule has 0 fully saturated rings. The third-order valence-corrected chi connectivity index (χ3v) is 6.10. The van der Waals surface area contributed by atoms with E-state index in [4.69, 9.17) is 4.74 Å². The summed E-state index contributed by atoms with van der Waals surface area (Å²) >= 11 is 1.14. The normalized spacial score (nSPS) is 15.5. The second-order valence-electron chi connectivity index (χ2n) is 6.67. The first-order valence-electron chi connectivity index (χ1n) is 9.16. The van der Waals surface area contributed by atoms with Gasteiger partial charge in [-0.1, -0.05) is 24.3 Å². The summed E-state index contributed by atoms with van der Waals surface area (Å²) in [5.41, 5.74) is 2.33. The van der Waals surface area contributed by atoms with E-state index in [0.29, 0.717) is 29.2 Å². The Hall–Kier alpha value is -3.19. The minimum atomic E-state index is -1.08. The smallest absolute Gasteiger partial charge is 0.346 e. The third kappa shape index (κ3) is 3.61. The van der Waals surface area contributed by atoms with Crippen molar-refractivity contribution in [1.82, 2.24) is 0 Å². The van der Waals surface area contributed by atoms with E-state index < -0.39 is 11.8 Å². The fourth-order valence-corrected chi connectivity index (χ4v) is 4.83. The van der Waals surface area contributed by atoms with Crippen molar-refractivity contribution in [1.29, 1.82) is 0 Å². The van der Waals surface area contributed by atoms with Crippen LogP contribution in [-0.2, 0) is 4.79 Å². The molecule has 0 radical (unpaired) electrons. The van der Waals surface area contributed by atoms with Crippen molar-refractivity contribution in [2.75, 3.05) is 11.9 Å². The summed E-state index contributed by atoms with van der Waals surface area (Å²) in [6.45, 7) is 2.42. The first kappa shape index (κ1) is 19.1. The number of carbonyl (C=O) groups excluding carboxylic acids is 1. The van der Waals surface area contributed by atoms with Gasteiger partial charge in [-0.05, 0) is 42.3 Å². The van der Waals surface area contributed by atoms with Crippen LogP contribution in [0, 0.1) is 5.82 Å². The number of thiophene rings is 1. The second-order valence-corrected chi connectivity index (χ2v) is 7.72. The van der Waals surface area contributed by atoms with Crippen LogP contribution in [0.4, 0.5) is 10.1 Å². The SMILES string of the molecule is CCOc1cccc([C@H]2CC(=O)Nc3c2sc(C(=O)O)c3-c2ccc(F)cc2)c1. The molecule has 1 amide bonds. The number of fused-ring (bicyclic) bond motifs is 1. The predicted molar refractivity (Wildman–Crippen MR) is 109 cm³/mol. The van der Waals surface area contributed by atoms with Gasteiger partial charge in [0.15, 0.2) is 0 Å². The van der Waals surface area contributed by atoms with Crippen LogP contribution in [0.15, 0.2) is 48.5 Å². The summed E-state index contributed by atoms with van der Waals surface area (Å²) in [5, 5.41) is 12.6. The van der Waals surface area contributed by atoms with E-state index in [1.807, 2.05) is 31.2 Å². The van der Waals surface area contributed by atoms with Gasteiger partial charge in [-0.15, -0.1) is 11.3 Å². The lowest BCUT2D eigenvalue weighted by molar-refractivity contribution is -0.116. The van der Waals surface area contributed by atoms with Crippen molar-refractivity contribution >= 4 is 28.9 Å². The maximum Gasteiger partial charge on any atom is 0.346 e. The topological polar surface area (TPSA) is 75.6 Å². The lowest BCUT2D eigenvalue weighted by Gasteiger charge is -2.24. The van der Waals surface area contributed by atoms with E-state index in [2.05, 4.69) is 5.32 Å². The number of ether oxygens (including phenoxy) is 1. The summed E-state index contributed by atoms with van der Waals surface area (Å²) in [5.74, 6) is -1.27. The molecule has 0 aliphatic carbocycles. The summed E-state index contributed by atoms with van der Waals surface area (Å²) in [6.07, 6.45) is 0.213. The lowest BCUT2D eigenvalue weighted by atomic mass is 9.88. The van der Waals surface area contributed by atoms with Gasteiger partial charge < -0.3 is 15.2 Å². The van der Waals surface area contributed by atoms with Crippen LogP contribution in [0.2, 0.25) is 0 Å². The summed E-state index contributed by atoms with van der Waals surface area (Å²) < 4.78 is 19.0. The zero-order chi connectivity index (χ0) is 20.5. The largest absolute Gasteiger partial charge is 0.494 e. The van der Waals surface area contributed by atoms with Gasteiger partial charge in [-0.25, -0.2) is 9.18 Å². The molecule has 0 unspecified atom stereocenters. The molecule has 2 heterocycles. The standard InChI is InChI=1S/C22H18FNO4S/c1-2-28-15-5-3-4-13(10-15)16-11-17(25)24-19-18(12-6-8-14(23)9-7-12)21(22(26)27)29-20(16)19/h3-10,16H,2,11H2,1H3,(H,24,25)(H,26,27)/t16-/m1/s1. The van der Waals surface area contributed by atoms with Gasteiger partial charge >= 0.3 is 5.97 Å². The molecule has 1 aliphatic heterocycles. The summed E-state index contributed by atoms with van der Waals surface area (Å²) in [4.78, 5) is 25.3. The number of amides is 1. The average molecular weight is 411 g/mol. The minimum Gasteiger partial charge on any atom is -0.494 e. The Morgan fingerprint density at radius 1 is 1.28 bits per heavy atom. The number of hydrogen-bond donors (Lipinski definition) is 2. The lowest BCUT2D eigenvalue weighted by Crippen LogP contribution is -2.22. The number of rotatable bonds is 5. The van der Waals surface area contributed by atoms with Crippen LogP contribution in [0.1, 0.15) is 39.4 Å². The summed E-state index contributed by atoms with van der Waals surface area (Å²) in [7, 11) is 0. The molecule has 1 atom stereocenters. The minimum absolute atomic E-state index is 0.120. The predicted octanol–water partition coefficient (Wildman–Crippen LogP) is 5.13. The molecule has 4 rings (SSSR count). The molecular weight excluding hydrogens is 393 g/mol. The highest BCUT2D eigenvalue weighted by atomic mass is 32.1. The Morgan fingerprint density at radius 3 is 2.72 bits per heavy atom. The van der Waals surface area contributed by atoms with Crippen molar-refractivity contribution in [2.24, 2.45) is 0 Å². The number of anilines is 1. The molecule has 29 heavy (non-hydrogen) atoms. The molecule has 3 aromatic rings. The number of carboxylic acids is 1. The number of hydrogen-bond acceptors (Lipinski definition) is 4. The average Bonchev–Trinajstić information content (AvgIpc) is 3.08. The third-order valence-electron chi connectivity index (χ3n) is 4.80. The maximum absolute atomic E-state index is 13.4. The zero-order valence-corrected chi connectivity index (χ0v) is 16.4. The Morgan fingerprint density at radius 2 is 2.03 bits per heavy atom. The molecule has 0 saturated carbocycles. The van der Waals surface area contributed by atoms with Crippen LogP contribution in [0.25, 0.3) is 11.1 Å². The van der Waals surface area contributed by atoms with Crippen LogP contribution < -0.4 is 10.1 Å². The van der Waals surface area contributed by atoms with Gasteiger partial charge in [0.05, 0.1) is 12.3 Å². The van der Waals surface area contributed by atoms with Gasteiger partial charge in [0.25, 0.3) is 0 Å². The highest BCUT2D eigenvalue weighted by Crippen LogP contribution is 2.49. The van der Waals surface area contributed by atoms with Crippen molar-refractivity contribution in [3.63, 3.8) is 0 Å². The van der Waals surface area contributed by atoms with Gasteiger partial charge in [0, 0.05) is 22.8 Å². The Balaban J connectivity index is 1.88. The van der Waals surface area contributed by atoms with E-state index in [1.165, 1.54) is 24.3 Å². The van der Waals surface area contributed by atoms with Gasteiger partial charge in [0.1, 0.15) is 16.4 Å². The fourth-order valence-electron chi connectivity index (χ4n) is 3.59. The number of halogens is 1. The highest BCUT2D eigenvalue weighted by Gasteiger charge is 2.34. The number of carbonyl (C=O) groups is 2. The Bertz CT molecular complexity index is 1090. The van der Waals surface area contributed by atoms with Crippen LogP contribution >= 0.6 is 11.3 Å². The molecular formula is C22H18FNO4S. The van der Waals surface area contributed by atoms with Crippen LogP contribution in [-0.4, -0.2) is 23.6 Å². The molecule has 1 aliphatic rings. The molecule has 7 heteroatoms. The van der Waals surface area contributed by atoms with Gasteiger partial charge in [0.2, 0.25) is 5.91 Å². The monoisotopic (exact) mass is 411 g/mol. The number of benzene rings is 2. The van der Waals surface area contributed by atoms with Crippen LogP contribution in [0.3, 0.4) is 0 Å². The number of aromatic carboxylic acids is 1. The maximum atomic E-state index is 13.4. The number of nitrogens with one attached hydrogen (secondary N) is 1. The van der Waals surface area contributed by atoms with Gasteiger partial charge in [-0.3, -0.25) is 4.79 Å². The molecule has 2 N–H and O–H groups in total.